The van der Waals surface area contributed by atoms with Crippen LogP contribution in [0.4, 0.5) is 4.79 Å². The van der Waals surface area contributed by atoms with Crippen molar-refractivity contribution < 1.29 is 9.90 Å². The molecule has 6 heteroatoms. The first-order chi connectivity index (χ1) is 5.18. The Labute approximate surface area is 67.1 Å². The fraction of sp³-hybridized carbons (Fsp3) is 0.400. The van der Waals surface area contributed by atoms with Crippen LogP contribution in [0.2, 0.25) is 0 Å². The Morgan fingerprint density at radius 1 is 1.73 bits per heavy atom. The van der Waals surface area contributed by atoms with Crippen LogP contribution in [-0.2, 0) is 6.54 Å². The van der Waals surface area contributed by atoms with E-state index in [1.165, 1.54) is 11.3 Å². The average molecular weight is 173 g/mol. The number of amides is 1. The molecule has 2 N–H and O–H groups in total. The van der Waals surface area contributed by atoms with E-state index in [2.05, 4.69) is 15.5 Å². The Morgan fingerprint density at radius 3 is 2.91 bits per heavy atom. The van der Waals surface area contributed by atoms with Crippen molar-refractivity contribution in [3.05, 3.63) is 10.0 Å². The van der Waals surface area contributed by atoms with E-state index in [0.29, 0.717) is 5.01 Å². The van der Waals surface area contributed by atoms with Crippen LogP contribution in [0.1, 0.15) is 10.0 Å². The average Bonchev–Trinajstić information content (AvgIpc) is 2.31. The zero-order valence-electron chi connectivity index (χ0n) is 5.87. The van der Waals surface area contributed by atoms with Crippen LogP contribution in [-0.4, -0.2) is 21.4 Å². The summed E-state index contributed by atoms with van der Waals surface area (Å²) in [6.45, 7) is 2.06. The molecule has 0 unspecified atom stereocenters. The van der Waals surface area contributed by atoms with Crippen molar-refractivity contribution in [2.24, 2.45) is 0 Å². The summed E-state index contributed by atoms with van der Waals surface area (Å²) in [5.74, 6) is 0. The van der Waals surface area contributed by atoms with Crippen LogP contribution in [0.5, 0.6) is 0 Å². The minimum absolute atomic E-state index is 0.237. The maximum atomic E-state index is 10.0. The summed E-state index contributed by atoms with van der Waals surface area (Å²) >= 11 is 1.38. The van der Waals surface area contributed by atoms with Crippen LogP contribution < -0.4 is 5.32 Å². The monoisotopic (exact) mass is 173 g/mol. The Bertz CT molecular complexity index is 260. The molecule has 0 saturated heterocycles. The molecule has 0 fully saturated rings. The minimum Gasteiger partial charge on any atom is -0.465 e. The second kappa shape index (κ2) is 3.29. The van der Waals surface area contributed by atoms with E-state index in [1.54, 1.807) is 0 Å². The van der Waals surface area contributed by atoms with E-state index in [1.807, 2.05) is 6.92 Å². The van der Waals surface area contributed by atoms with E-state index in [0.717, 1.165) is 5.01 Å². The van der Waals surface area contributed by atoms with Gasteiger partial charge in [0, 0.05) is 0 Å². The summed E-state index contributed by atoms with van der Waals surface area (Å²) in [5.41, 5.74) is 0. The van der Waals surface area contributed by atoms with Gasteiger partial charge >= 0.3 is 6.09 Å². The SMILES string of the molecule is Cc1nnc(CNC(=O)O)s1. The molecule has 0 saturated carbocycles. The quantitative estimate of drug-likeness (QED) is 0.687. The lowest BCUT2D eigenvalue weighted by Gasteiger charge is -1.92. The van der Waals surface area contributed by atoms with Gasteiger partial charge in [-0.25, -0.2) is 4.79 Å². The molecule has 0 aromatic carbocycles. The third-order valence-corrected chi connectivity index (χ3v) is 1.80. The minimum atomic E-state index is -1.04. The van der Waals surface area contributed by atoms with Crippen LogP contribution in [0.15, 0.2) is 0 Å². The standard InChI is InChI=1S/C5H7N3O2S/c1-3-7-8-4(11-3)2-6-5(9)10/h6H,2H2,1H3,(H,9,10). The molecule has 0 aliphatic carbocycles. The fourth-order valence-electron chi connectivity index (χ4n) is 0.560. The Kier molecular flexibility index (Phi) is 2.37. The molecule has 1 aromatic rings. The van der Waals surface area contributed by atoms with Gasteiger partial charge in [0.25, 0.3) is 0 Å². The number of hydrogen-bond acceptors (Lipinski definition) is 4. The van der Waals surface area contributed by atoms with Crippen molar-refractivity contribution in [2.45, 2.75) is 13.5 Å². The van der Waals surface area contributed by atoms with E-state index in [-0.39, 0.29) is 6.54 Å². The number of carbonyl (C=O) groups is 1. The molecule has 0 radical (unpaired) electrons. The van der Waals surface area contributed by atoms with Gasteiger partial charge in [-0.2, -0.15) is 0 Å². The second-order valence-corrected chi connectivity index (χ2v) is 3.14. The molecule has 0 aliphatic rings. The van der Waals surface area contributed by atoms with Crippen LogP contribution in [0.3, 0.4) is 0 Å². The molecular weight excluding hydrogens is 166 g/mol. The molecule has 1 amide bonds. The van der Waals surface area contributed by atoms with E-state index in [4.69, 9.17) is 5.11 Å². The number of aryl methyl sites for hydroxylation is 1. The highest BCUT2D eigenvalue weighted by atomic mass is 32.1. The summed E-state index contributed by atoms with van der Waals surface area (Å²) in [5, 5.41) is 19.4. The first kappa shape index (κ1) is 7.93. The third kappa shape index (κ3) is 2.50. The molecule has 0 aliphatic heterocycles. The predicted molar refractivity (Wildman–Crippen MR) is 39.5 cm³/mol. The van der Waals surface area contributed by atoms with Crippen molar-refractivity contribution in [1.29, 1.82) is 0 Å². The van der Waals surface area contributed by atoms with Crippen molar-refractivity contribution >= 4 is 17.4 Å². The highest BCUT2D eigenvalue weighted by Crippen LogP contribution is 2.06. The Morgan fingerprint density at radius 2 is 2.45 bits per heavy atom. The first-order valence-electron chi connectivity index (χ1n) is 2.94. The van der Waals surface area contributed by atoms with E-state index >= 15 is 0 Å². The molecule has 1 rings (SSSR count). The molecule has 5 nitrogen and oxygen atoms in total. The smallest absolute Gasteiger partial charge is 0.405 e. The van der Waals surface area contributed by atoms with Gasteiger partial charge in [0.15, 0.2) is 0 Å². The number of aromatic nitrogens is 2. The number of nitrogens with zero attached hydrogens (tertiary/aromatic N) is 2. The zero-order valence-corrected chi connectivity index (χ0v) is 6.68. The summed E-state index contributed by atoms with van der Waals surface area (Å²) in [7, 11) is 0. The number of nitrogens with one attached hydrogen (secondary N) is 1. The third-order valence-electron chi connectivity index (χ3n) is 0.959. The maximum absolute atomic E-state index is 10.0. The Hall–Kier alpha value is -1.17. The molecular formula is C5H7N3O2S. The molecule has 1 aromatic heterocycles. The fourth-order valence-corrected chi connectivity index (χ4v) is 1.21. The molecule has 60 valence electrons. The van der Waals surface area contributed by atoms with Gasteiger partial charge in [-0.05, 0) is 6.92 Å². The van der Waals surface area contributed by atoms with Gasteiger partial charge in [0.2, 0.25) is 0 Å². The lowest BCUT2D eigenvalue weighted by atomic mass is 10.7. The predicted octanol–water partition coefficient (Wildman–Crippen LogP) is 0.614. The van der Waals surface area contributed by atoms with Crippen molar-refractivity contribution in [2.75, 3.05) is 0 Å². The largest absolute Gasteiger partial charge is 0.465 e. The van der Waals surface area contributed by atoms with Crippen molar-refractivity contribution in [3.8, 4) is 0 Å². The molecule has 0 spiro atoms. The van der Waals surface area contributed by atoms with Gasteiger partial charge in [-0.1, -0.05) is 11.3 Å². The van der Waals surface area contributed by atoms with Gasteiger partial charge in [-0.15, -0.1) is 10.2 Å². The van der Waals surface area contributed by atoms with Crippen molar-refractivity contribution in [1.82, 2.24) is 15.5 Å². The lowest BCUT2D eigenvalue weighted by Crippen LogP contribution is -2.19. The van der Waals surface area contributed by atoms with E-state index in [9.17, 15) is 4.79 Å². The molecule has 1 heterocycles. The van der Waals surface area contributed by atoms with Gasteiger partial charge < -0.3 is 10.4 Å². The van der Waals surface area contributed by atoms with Crippen molar-refractivity contribution in [3.63, 3.8) is 0 Å². The number of rotatable bonds is 2. The molecule has 0 bridgehead atoms. The second-order valence-electron chi connectivity index (χ2n) is 1.87. The normalized spacial score (nSPS) is 9.55. The number of hydrogen-bond donors (Lipinski definition) is 2. The van der Waals surface area contributed by atoms with Crippen LogP contribution in [0.25, 0.3) is 0 Å². The summed E-state index contributed by atoms with van der Waals surface area (Å²) in [6.07, 6.45) is -1.04. The molecule has 0 atom stereocenters. The molecule has 11 heavy (non-hydrogen) atoms. The first-order valence-corrected chi connectivity index (χ1v) is 3.76. The maximum Gasteiger partial charge on any atom is 0.405 e. The summed E-state index contributed by atoms with van der Waals surface area (Å²) in [4.78, 5) is 10.0. The highest BCUT2D eigenvalue weighted by molar-refractivity contribution is 7.11. The summed E-state index contributed by atoms with van der Waals surface area (Å²) < 4.78 is 0. The van der Waals surface area contributed by atoms with Gasteiger partial charge in [0.05, 0.1) is 6.54 Å². The van der Waals surface area contributed by atoms with Crippen LogP contribution >= 0.6 is 11.3 Å². The zero-order chi connectivity index (χ0) is 8.27. The topological polar surface area (TPSA) is 75.1 Å². The van der Waals surface area contributed by atoms with Crippen LogP contribution in [0, 0.1) is 6.92 Å². The lowest BCUT2D eigenvalue weighted by molar-refractivity contribution is 0.194. The van der Waals surface area contributed by atoms with Gasteiger partial charge in [-0.3, -0.25) is 0 Å². The Balaban J connectivity index is 2.45. The highest BCUT2D eigenvalue weighted by Gasteiger charge is 2.00. The summed E-state index contributed by atoms with van der Waals surface area (Å²) in [6, 6.07) is 0. The van der Waals surface area contributed by atoms with Gasteiger partial charge in [0.1, 0.15) is 10.0 Å². The van der Waals surface area contributed by atoms with E-state index < -0.39 is 6.09 Å². The number of carboxylic acid groups (broad SMARTS) is 1.